The van der Waals surface area contributed by atoms with Crippen LogP contribution in [0.15, 0.2) is 30.3 Å². The second-order valence-electron chi connectivity index (χ2n) is 15.8. The number of carbonyl (C=O) groups is 5. The predicted octanol–water partition coefficient (Wildman–Crippen LogP) is 6.72. The summed E-state index contributed by atoms with van der Waals surface area (Å²) in [6, 6.07) is 8.50. The van der Waals surface area contributed by atoms with E-state index in [1.54, 1.807) is 30.9 Å². The summed E-state index contributed by atoms with van der Waals surface area (Å²) in [5.41, 5.74) is 0.853. The molecule has 9 atom stereocenters. The molecule has 2 rings (SSSR count). The lowest BCUT2D eigenvalue weighted by atomic mass is 9.80. The SMILES string of the molecule is CC[C@H](C(=O)C[C@H](C(=O)N(C)C([C@@H](C)CC)[C@@H](CC(=O)N1CCC[C@H]1[C@H](OC)[C@@H](C)C(=O)C[C@@H](Cc1ccccc1)C(=O)O)OC)C(C)C)C(C)C. The second kappa shape index (κ2) is 21.6. The molecule has 52 heavy (non-hydrogen) atoms. The normalized spacial score (nSPS) is 19.4. The Morgan fingerprint density at radius 3 is 1.96 bits per heavy atom. The molecule has 0 aromatic heterocycles. The lowest BCUT2D eigenvalue weighted by Crippen LogP contribution is -2.54. The maximum atomic E-state index is 14.2. The topological polar surface area (TPSA) is 131 Å². The number of likely N-dealkylation sites (N-methyl/N-ethyl adjacent to an activating group) is 1. The third-order valence-electron chi connectivity index (χ3n) is 11.7. The molecule has 294 valence electrons. The van der Waals surface area contributed by atoms with Gasteiger partial charge in [0, 0.05) is 58.4 Å². The first-order valence-electron chi connectivity index (χ1n) is 19.5. The van der Waals surface area contributed by atoms with Gasteiger partial charge in [0.2, 0.25) is 11.8 Å². The Morgan fingerprint density at radius 1 is 0.846 bits per heavy atom. The van der Waals surface area contributed by atoms with Gasteiger partial charge in [-0.3, -0.25) is 24.0 Å². The highest BCUT2D eigenvalue weighted by molar-refractivity contribution is 5.89. The second-order valence-corrected chi connectivity index (χ2v) is 15.8. The molecule has 10 heteroatoms. The summed E-state index contributed by atoms with van der Waals surface area (Å²) < 4.78 is 11.9. The zero-order valence-electron chi connectivity index (χ0n) is 33.8. The van der Waals surface area contributed by atoms with Crippen LogP contribution in [0.1, 0.15) is 106 Å². The maximum absolute atomic E-state index is 14.2. The van der Waals surface area contributed by atoms with Crippen LogP contribution in [0.5, 0.6) is 0 Å². The highest BCUT2D eigenvalue weighted by Gasteiger charge is 2.43. The van der Waals surface area contributed by atoms with Gasteiger partial charge in [0.25, 0.3) is 0 Å². The number of carbonyl (C=O) groups excluding carboxylic acids is 4. The van der Waals surface area contributed by atoms with Gasteiger partial charge in [-0.05, 0) is 49.0 Å². The molecular weight excluding hydrogens is 660 g/mol. The summed E-state index contributed by atoms with van der Waals surface area (Å²) in [4.78, 5) is 70.9. The van der Waals surface area contributed by atoms with Crippen LogP contribution in [0.4, 0.5) is 0 Å². The quantitative estimate of drug-likeness (QED) is 0.131. The Balaban J connectivity index is 2.26. The van der Waals surface area contributed by atoms with Crippen molar-refractivity contribution < 1.29 is 38.6 Å². The van der Waals surface area contributed by atoms with Crippen molar-refractivity contribution in [3.63, 3.8) is 0 Å². The molecule has 2 amide bonds. The van der Waals surface area contributed by atoms with E-state index in [4.69, 9.17) is 9.47 Å². The van der Waals surface area contributed by atoms with E-state index in [0.29, 0.717) is 13.0 Å². The molecule has 1 aromatic carbocycles. The molecule has 0 radical (unpaired) electrons. The number of methoxy groups -OCH3 is 2. The Hall–Kier alpha value is -3.11. The highest BCUT2D eigenvalue weighted by Crippen LogP contribution is 2.32. The van der Waals surface area contributed by atoms with E-state index >= 15 is 0 Å². The number of carboxylic acid groups (broad SMARTS) is 1. The van der Waals surface area contributed by atoms with Gasteiger partial charge in [-0.1, -0.05) is 92.1 Å². The lowest BCUT2D eigenvalue weighted by Gasteiger charge is -2.41. The Labute approximate surface area is 313 Å². The van der Waals surface area contributed by atoms with Crippen LogP contribution in [-0.2, 0) is 39.9 Å². The first kappa shape index (κ1) is 45.0. The molecular formula is C42H68N2O8. The van der Waals surface area contributed by atoms with Crippen LogP contribution < -0.4 is 0 Å². The van der Waals surface area contributed by atoms with E-state index in [2.05, 4.69) is 13.8 Å². The van der Waals surface area contributed by atoms with Gasteiger partial charge in [-0.25, -0.2) is 0 Å². The monoisotopic (exact) mass is 728 g/mol. The van der Waals surface area contributed by atoms with E-state index in [-0.39, 0.29) is 78.8 Å². The Morgan fingerprint density at radius 2 is 1.46 bits per heavy atom. The van der Waals surface area contributed by atoms with Gasteiger partial charge in [0.15, 0.2) is 0 Å². The highest BCUT2D eigenvalue weighted by atomic mass is 16.5. The molecule has 0 aliphatic carbocycles. The molecule has 1 unspecified atom stereocenters. The third-order valence-corrected chi connectivity index (χ3v) is 11.7. The van der Waals surface area contributed by atoms with Crippen molar-refractivity contribution in [1.29, 1.82) is 0 Å². The van der Waals surface area contributed by atoms with Crippen LogP contribution in [0, 0.1) is 41.4 Å². The summed E-state index contributed by atoms with van der Waals surface area (Å²) >= 11 is 0. The zero-order chi connectivity index (χ0) is 39.3. The van der Waals surface area contributed by atoms with Gasteiger partial charge in [0.1, 0.15) is 11.6 Å². The number of nitrogens with zero attached hydrogens (tertiary/aromatic N) is 2. The molecule has 1 heterocycles. The van der Waals surface area contributed by atoms with Gasteiger partial charge >= 0.3 is 5.97 Å². The van der Waals surface area contributed by atoms with E-state index < -0.39 is 42.0 Å². The molecule has 0 saturated carbocycles. The lowest BCUT2D eigenvalue weighted by molar-refractivity contribution is -0.149. The van der Waals surface area contributed by atoms with Crippen molar-refractivity contribution in [1.82, 2.24) is 9.80 Å². The molecule has 0 bridgehead atoms. The minimum absolute atomic E-state index is 0.00563. The number of aliphatic carboxylic acids is 1. The molecule has 1 fully saturated rings. The smallest absolute Gasteiger partial charge is 0.307 e. The first-order valence-corrected chi connectivity index (χ1v) is 19.5. The van der Waals surface area contributed by atoms with Crippen LogP contribution >= 0.6 is 0 Å². The molecule has 1 saturated heterocycles. The number of likely N-dealkylation sites (tertiary alicyclic amines) is 1. The van der Waals surface area contributed by atoms with Crippen molar-refractivity contribution in [2.45, 2.75) is 131 Å². The summed E-state index contributed by atoms with van der Waals surface area (Å²) in [6.45, 7) is 16.4. The van der Waals surface area contributed by atoms with Gasteiger partial charge in [-0.15, -0.1) is 0 Å². The summed E-state index contributed by atoms with van der Waals surface area (Å²) in [5.74, 6) is -3.29. The van der Waals surface area contributed by atoms with Gasteiger partial charge in [0.05, 0.1) is 36.6 Å². The summed E-state index contributed by atoms with van der Waals surface area (Å²) in [5, 5.41) is 9.93. The number of ketones is 2. The van der Waals surface area contributed by atoms with Crippen molar-refractivity contribution in [2.75, 3.05) is 27.8 Å². The van der Waals surface area contributed by atoms with Crippen molar-refractivity contribution in [3.8, 4) is 0 Å². The number of hydrogen-bond acceptors (Lipinski definition) is 7. The molecule has 1 N–H and O–H groups in total. The van der Waals surface area contributed by atoms with Crippen LogP contribution in [0.25, 0.3) is 0 Å². The van der Waals surface area contributed by atoms with E-state index in [0.717, 1.165) is 24.8 Å². The number of hydrogen-bond donors (Lipinski definition) is 1. The minimum Gasteiger partial charge on any atom is -0.481 e. The van der Waals surface area contributed by atoms with Crippen molar-refractivity contribution in [3.05, 3.63) is 35.9 Å². The number of carboxylic acids is 1. The standard InChI is InChI=1S/C42H68N2O8/c1-12-28(7)39(43(9)41(48)33(27(5)6)24-36(46)32(13-2)26(3)4)37(51-10)25-38(47)44-21-17-20-34(44)40(52-11)29(8)35(45)23-31(42(49)50)22-30-18-15-14-16-19-30/h14-16,18-19,26-29,31-34,37,39-40H,12-13,17,20-25H2,1-11H3,(H,49,50)/t28-,29-,31+,32-,33-,34-,37+,39?,40+/m0/s1. The number of benzene rings is 1. The minimum atomic E-state index is -1.02. The van der Waals surface area contributed by atoms with E-state index in [1.807, 2.05) is 65.0 Å². The number of Topliss-reactive ketones (excluding diaryl/α,β-unsaturated/α-hetero) is 2. The van der Waals surface area contributed by atoms with Crippen LogP contribution in [-0.4, -0.2) is 96.4 Å². The molecule has 1 aliphatic heterocycles. The fourth-order valence-corrected chi connectivity index (χ4v) is 8.22. The number of ether oxygens (including phenoxy) is 2. The van der Waals surface area contributed by atoms with Crippen LogP contribution in [0.3, 0.4) is 0 Å². The van der Waals surface area contributed by atoms with Gasteiger partial charge < -0.3 is 24.4 Å². The van der Waals surface area contributed by atoms with Crippen LogP contribution in [0.2, 0.25) is 0 Å². The molecule has 10 nitrogen and oxygen atoms in total. The molecule has 1 aliphatic rings. The van der Waals surface area contributed by atoms with Gasteiger partial charge in [-0.2, -0.15) is 0 Å². The number of amides is 2. The zero-order valence-corrected chi connectivity index (χ0v) is 33.8. The third kappa shape index (κ3) is 12.0. The fraction of sp³-hybridized carbons (Fsp3) is 0.738. The average molecular weight is 729 g/mol. The summed E-state index contributed by atoms with van der Waals surface area (Å²) in [6.07, 6.45) is 2.01. The predicted molar refractivity (Wildman–Crippen MR) is 204 cm³/mol. The first-order chi connectivity index (χ1) is 24.5. The van der Waals surface area contributed by atoms with Crippen molar-refractivity contribution >= 4 is 29.4 Å². The Kier molecular flexibility index (Phi) is 18.7. The van der Waals surface area contributed by atoms with E-state index in [9.17, 15) is 29.1 Å². The van der Waals surface area contributed by atoms with E-state index in [1.165, 1.54) is 7.11 Å². The summed E-state index contributed by atoms with van der Waals surface area (Å²) in [7, 11) is 4.87. The Bertz CT molecular complexity index is 1300. The molecule has 0 spiro atoms. The van der Waals surface area contributed by atoms with Crippen molar-refractivity contribution in [2.24, 2.45) is 41.4 Å². The molecule has 1 aromatic rings. The average Bonchev–Trinajstić information content (AvgIpc) is 3.59. The largest absolute Gasteiger partial charge is 0.481 e. The maximum Gasteiger partial charge on any atom is 0.307 e. The number of rotatable bonds is 23. The fourth-order valence-electron chi connectivity index (χ4n) is 8.22.